The Morgan fingerprint density at radius 3 is 2.61 bits per heavy atom. The van der Waals surface area contributed by atoms with Crippen molar-refractivity contribution >= 4 is 17.4 Å². The summed E-state index contributed by atoms with van der Waals surface area (Å²) in [6.07, 6.45) is 1.88. The number of nitrogens with zero attached hydrogens (tertiary/aromatic N) is 2. The minimum absolute atomic E-state index is 0.0440. The molecule has 1 aromatic carbocycles. The fraction of sp³-hybridized carbons (Fsp3) is 0.364. The fourth-order valence-electron chi connectivity index (χ4n) is 1.83. The number of nitrogens with one attached hydrogen (secondary N) is 1. The van der Waals surface area contributed by atoms with Crippen LogP contribution < -0.4 is 5.32 Å². The molecule has 6 nitrogen and oxygen atoms in total. The van der Waals surface area contributed by atoms with Crippen LogP contribution in [0.5, 0.6) is 0 Å². The van der Waals surface area contributed by atoms with Gasteiger partial charge in [0.1, 0.15) is 0 Å². The number of rotatable bonds is 2. The predicted molar refractivity (Wildman–Crippen MR) is 62.9 cm³/mol. The molecule has 18 heavy (non-hydrogen) atoms. The Morgan fingerprint density at radius 2 is 2.06 bits per heavy atom. The van der Waals surface area contributed by atoms with E-state index in [0.29, 0.717) is 13.1 Å². The molecule has 0 atom stereocenters. The maximum Gasteiger partial charge on any atom is 0.321 e. The number of amides is 2. The van der Waals surface area contributed by atoms with E-state index in [0.717, 1.165) is 25.0 Å². The summed E-state index contributed by atoms with van der Waals surface area (Å²) in [6, 6.07) is 2.77. The molecule has 1 saturated heterocycles. The summed E-state index contributed by atoms with van der Waals surface area (Å²) >= 11 is 0. The number of likely N-dealkylation sites (tertiary alicyclic amines) is 1. The number of non-ortho nitro benzene ring substituents is 1. The van der Waals surface area contributed by atoms with Crippen LogP contribution in [0, 0.1) is 15.9 Å². The van der Waals surface area contributed by atoms with Crippen molar-refractivity contribution in [2.75, 3.05) is 18.4 Å². The van der Waals surface area contributed by atoms with Crippen molar-refractivity contribution < 1.29 is 14.1 Å². The molecule has 2 rings (SSSR count). The van der Waals surface area contributed by atoms with Crippen LogP contribution in [-0.2, 0) is 0 Å². The van der Waals surface area contributed by atoms with E-state index in [1.54, 1.807) is 4.90 Å². The first-order valence-corrected chi connectivity index (χ1v) is 5.58. The number of benzene rings is 1. The standard InChI is InChI=1S/C11H12FN3O3/c12-9-7-8(15(17)18)3-4-10(9)13-11(16)14-5-1-2-6-14/h3-4,7H,1-2,5-6H2,(H,13,16). The number of carbonyl (C=O) groups is 1. The average Bonchev–Trinajstić information content (AvgIpc) is 2.85. The van der Waals surface area contributed by atoms with Gasteiger partial charge in [0.15, 0.2) is 5.82 Å². The Morgan fingerprint density at radius 1 is 1.39 bits per heavy atom. The van der Waals surface area contributed by atoms with Crippen molar-refractivity contribution in [1.82, 2.24) is 4.90 Å². The number of anilines is 1. The first-order chi connectivity index (χ1) is 8.58. The molecule has 1 aromatic rings. The Balaban J connectivity index is 2.09. The molecule has 96 valence electrons. The van der Waals surface area contributed by atoms with Gasteiger partial charge in [-0.05, 0) is 18.9 Å². The van der Waals surface area contributed by atoms with Gasteiger partial charge in [-0.3, -0.25) is 10.1 Å². The minimum atomic E-state index is -0.809. The molecule has 1 fully saturated rings. The second-order valence-electron chi connectivity index (χ2n) is 4.05. The van der Waals surface area contributed by atoms with Crippen molar-refractivity contribution in [2.45, 2.75) is 12.8 Å². The van der Waals surface area contributed by atoms with Gasteiger partial charge in [-0.15, -0.1) is 0 Å². The van der Waals surface area contributed by atoms with Crippen molar-refractivity contribution in [2.24, 2.45) is 0 Å². The largest absolute Gasteiger partial charge is 0.325 e. The monoisotopic (exact) mass is 253 g/mol. The number of hydrogen-bond donors (Lipinski definition) is 1. The highest BCUT2D eigenvalue weighted by molar-refractivity contribution is 5.89. The molecule has 1 N–H and O–H groups in total. The maximum atomic E-state index is 13.5. The van der Waals surface area contributed by atoms with Gasteiger partial charge in [0.05, 0.1) is 16.7 Å². The summed E-state index contributed by atoms with van der Waals surface area (Å²) in [4.78, 5) is 23.0. The molecule has 0 saturated carbocycles. The quantitative estimate of drug-likeness (QED) is 0.649. The van der Waals surface area contributed by atoms with Crippen molar-refractivity contribution in [3.05, 3.63) is 34.1 Å². The summed E-state index contributed by atoms with van der Waals surface area (Å²) in [7, 11) is 0. The van der Waals surface area contributed by atoms with Gasteiger partial charge in [0.2, 0.25) is 0 Å². The van der Waals surface area contributed by atoms with E-state index in [-0.39, 0.29) is 17.4 Å². The lowest BCUT2D eigenvalue weighted by Crippen LogP contribution is -2.32. The summed E-state index contributed by atoms with van der Waals surface area (Å²) < 4.78 is 13.5. The zero-order valence-corrected chi connectivity index (χ0v) is 9.56. The fourth-order valence-corrected chi connectivity index (χ4v) is 1.83. The zero-order chi connectivity index (χ0) is 13.1. The minimum Gasteiger partial charge on any atom is -0.325 e. The molecule has 0 spiro atoms. The van der Waals surface area contributed by atoms with E-state index in [9.17, 15) is 19.3 Å². The lowest BCUT2D eigenvalue weighted by molar-refractivity contribution is -0.385. The van der Waals surface area contributed by atoms with E-state index in [1.165, 1.54) is 6.07 Å². The molecule has 1 aliphatic rings. The summed E-state index contributed by atoms with van der Waals surface area (Å²) in [5.74, 6) is -0.809. The number of nitro groups is 1. The molecule has 0 unspecified atom stereocenters. The summed E-state index contributed by atoms with van der Waals surface area (Å²) in [6.45, 7) is 1.31. The summed E-state index contributed by atoms with van der Waals surface area (Å²) in [5, 5.41) is 12.8. The predicted octanol–water partition coefficient (Wildman–Crippen LogP) is 2.36. The SMILES string of the molecule is O=C(Nc1ccc([N+](=O)[O-])cc1F)N1CCCC1. The van der Waals surface area contributed by atoms with Crippen LogP contribution in [-0.4, -0.2) is 28.9 Å². The molecule has 7 heteroatoms. The van der Waals surface area contributed by atoms with E-state index < -0.39 is 10.7 Å². The number of halogens is 1. The molecule has 1 heterocycles. The maximum absolute atomic E-state index is 13.5. The molecule has 2 amide bonds. The molecule has 0 bridgehead atoms. The molecular formula is C11H12FN3O3. The third-order valence-corrected chi connectivity index (χ3v) is 2.80. The second kappa shape index (κ2) is 4.99. The van der Waals surface area contributed by atoms with Gasteiger partial charge in [0, 0.05) is 19.2 Å². The van der Waals surface area contributed by atoms with E-state index in [2.05, 4.69) is 5.32 Å². The third-order valence-electron chi connectivity index (χ3n) is 2.80. The smallest absolute Gasteiger partial charge is 0.321 e. The van der Waals surface area contributed by atoms with Gasteiger partial charge < -0.3 is 10.2 Å². The van der Waals surface area contributed by atoms with Crippen LogP contribution in [0.2, 0.25) is 0 Å². The third kappa shape index (κ3) is 2.55. The Hall–Kier alpha value is -2.18. The van der Waals surface area contributed by atoms with Gasteiger partial charge in [0.25, 0.3) is 5.69 Å². The first kappa shape index (κ1) is 12.3. The lowest BCUT2D eigenvalue weighted by atomic mass is 10.2. The average molecular weight is 253 g/mol. The number of carbonyl (C=O) groups excluding carboxylic acids is 1. The molecular weight excluding hydrogens is 241 g/mol. The van der Waals surface area contributed by atoms with Gasteiger partial charge >= 0.3 is 6.03 Å². The highest BCUT2D eigenvalue weighted by atomic mass is 19.1. The second-order valence-corrected chi connectivity index (χ2v) is 4.05. The van der Waals surface area contributed by atoms with E-state index >= 15 is 0 Å². The Bertz CT molecular complexity index is 486. The Kier molecular flexibility index (Phi) is 3.40. The van der Waals surface area contributed by atoms with Crippen LogP contribution >= 0.6 is 0 Å². The van der Waals surface area contributed by atoms with E-state index in [1.807, 2.05) is 0 Å². The highest BCUT2D eigenvalue weighted by Gasteiger charge is 2.19. The number of urea groups is 1. The van der Waals surface area contributed by atoms with Crippen molar-refractivity contribution in [1.29, 1.82) is 0 Å². The van der Waals surface area contributed by atoms with Gasteiger partial charge in [-0.2, -0.15) is 0 Å². The highest BCUT2D eigenvalue weighted by Crippen LogP contribution is 2.21. The van der Waals surface area contributed by atoms with Crippen LogP contribution in [0.4, 0.5) is 20.6 Å². The van der Waals surface area contributed by atoms with Crippen molar-refractivity contribution in [3.8, 4) is 0 Å². The van der Waals surface area contributed by atoms with Crippen molar-refractivity contribution in [3.63, 3.8) is 0 Å². The molecule has 0 radical (unpaired) electrons. The molecule has 0 aromatic heterocycles. The lowest BCUT2D eigenvalue weighted by Gasteiger charge is -2.16. The first-order valence-electron chi connectivity index (χ1n) is 5.58. The van der Waals surface area contributed by atoms with Gasteiger partial charge in [-0.1, -0.05) is 0 Å². The van der Waals surface area contributed by atoms with E-state index in [4.69, 9.17) is 0 Å². The normalized spacial score (nSPS) is 14.6. The Labute approximate surface area is 103 Å². The topological polar surface area (TPSA) is 75.5 Å². The van der Waals surface area contributed by atoms with Gasteiger partial charge in [-0.25, -0.2) is 9.18 Å². The zero-order valence-electron chi connectivity index (χ0n) is 9.56. The molecule has 1 aliphatic heterocycles. The molecule has 0 aliphatic carbocycles. The number of nitro benzene ring substituents is 1. The van der Waals surface area contributed by atoms with Crippen LogP contribution in [0.25, 0.3) is 0 Å². The van der Waals surface area contributed by atoms with Crippen LogP contribution in [0.1, 0.15) is 12.8 Å². The van der Waals surface area contributed by atoms with Crippen LogP contribution in [0.3, 0.4) is 0 Å². The number of hydrogen-bond acceptors (Lipinski definition) is 3. The van der Waals surface area contributed by atoms with Crippen LogP contribution in [0.15, 0.2) is 18.2 Å². The summed E-state index contributed by atoms with van der Waals surface area (Å²) in [5.41, 5.74) is -0.385.